The number of hydrogen-bond acceptors (Lipinski definition) is 7. The first-order chi connectivity index (χ1) is 21.8. The third kappa shape index (κ3) is 8.22. The van der Waals surface area contributed by atoms with E-state index in [-0.39, 0.29) is 22.4 Å². The number of ether oxygens (including phenoxy) is 2. The number of aryl methyl sites for hydroxylation is 1. The highest BCUT2D eigenvalue weighted by Crippen LogP contribution is 2.31. The average Bonchev–Trinajstić information content (AvgIpc) is 3.60. The van der Waals surface area contributed by atoms with E-state index in [0.29, 0.717) is 33.9 Å². The predicted molar refractivity (Wildman–Crippen MR) is 157 cm³/mol. The number of nitrogens with zero attached hydrogens (tertiary/aromatic N) is 5. The number of amides is 3. The molecule has 0 radical (unpaired) electrons. The van der Waals surface area contributed by atoms with Crippen molar-refractivity contribution in [3.63, 3.8) is 0 Å². The van der Waals surface area contributed by atoms with Crippen LogP contribution < -0.4 is 15.0 Å². The summed E-state index contributed by atoms with van der Waals surface area (Å²) in [6.07, 6.45) is -7.93. The molecular weight excluding hydrogens is 642 g/mol. The van der Waals surface area contributed by atoms with Crippen LogP contribution in [0.25, 0.3) is 17.1 Å². The van der Waals surface area contributed by atoms with Crippen molar-refractivity contribution in [1.29, 1.82) is 0 Å². The number of anilines is 2. The van der Waals surface area contributed by atoms with Gasteiger partial charge < -0.3 is 14.8 Å². The normalized spacial score (nSPS) is 14.6. The van der Waals surface area contributed by atoms with Gasteiger partial charge in [0, 0.05) is 16.8 Å². The van der Waals surface area contributed by atoms with Gasteiger partial charge in [-0.25, -0.2) is 14.5 Å². The van der Waals surface area contributed by atoms with Crippen LogP contribution >= 0.6 is 11.8 Å². The molecule has 4 aromatic rings. The standard InChI is InChI=1S/C29H22F6N6O4S/c1-17-12-18(25-36-16-40(39-25)20-7-9-21(10-8-20)45-29(33,34)35)6-11-22(17)37-26(43)38-27-41(24(42)14-46-27)23-5-3-2-4-19(23)13-44-15-28(30,31)32/h2-12,16H,13-15H2,1H3,(H,37,43). The highest BCUT2D eigenvalue weighted by molar-refractivity contribution is 8.15. The summed E-state index contributed by atoms with van der Waals surface area (Å²) in [6, 6.07) is 15.5. The Morgan fingerprint density at radius 1 is 1.04 bits per heavy atom. The molecule has 3 amide bonds. The lowest BCUT2D eigenvalue weighted by atomic mass is 10.1. The van der Waals surface area contributed by atoms with Crippen molar-refractivity contribution < 1.29 is 45.4 Å². The van der Waals surface area contributed by atoms with Crippen LogP contribution in [-0.2, 0) is 16.1 Å². The fraction of sp³-hybridized carbons (Fsp3) is 0.207. The van der Waals surface area contributed by atoms with E-state index in [1.165, 1.54) is 40.2 Å². The molecule has 46 heavy (non-hydrogen) atoms. The van der Waals surface area contributed by atoms with Gasteiger partial charge in [0.1, 0.15) is 18.7 Å². The fourth-order valence-corrected chi connectivity index (χ4v) is 5.16. The van der Waals surface area contributed by atoms with E-state index in [9.17, 15) is 35.9 Å². The summed E-state index contributed by atoms with van der Waals surface area (Å²) in [6.45, 7) is -0.146. The molecule has 1 fully saturated rings. The second-order valence-corrected chi connectivity index (χ2v) is 10.6. The summed E-state index contributed by atoms with van der Waals surface area (Å²) in [5.74, 6) is -0.493. The molecule has 240 valence electrons. The van der Waals surface area contributed by atoms with Gasteiger partial charge in [-0.15, -0.1) is 18.3 Å². The number of thioether (sulfide) groups is 1. The van der Waals surface area contributed by atoms with Crippen molar-refractivity contribution in [2.45, 2.75) is 26.1 Å². The molecule has 5 rings (SSSR count). The van der Waals surface area contributed by atoms with Crippen molar-refractivity contribution in [1.82, 2.24) is 14.8 Å². The molecular formula is C29H22F6N6O4S. The Hall–Kier alpha value is -4.90. The van der Waals surface area contributed by atoms with Gasteiger partial charge in [-0.3, -0.25) is 9.69 Å². The van der Waals surface area contributed by atoms with Crippen molar-refractivity contribution >= 4 is 40.2 Å². The Kier molecular flexibility index (Phi) is 9.34. The molecule has 2 heterocycles. The van der Waals surface area contributed by atoms with Crippen LogP contribution in [0.4, 0.5) is 42.5 Å². The molecule has 0 unspecified atom stereocenters. The number of aromatic nitrogens is 3. The van der Waals surface area contributed by atoms with E-state index >= 15 is 0 Å². The first kappa shape index (κ1) is 32.5. The molecule has 1 aliphatic rings. The van der Waals surface area contributed by atoms with Gasteiger partial charge >= 0.3 is 18.6 Å². The number of halogens is 6. The topological polar surface area (TPSA) is 111 Å². The zero-order valence-corrected chi connectivity index (χ0v) is 24.4. The number of carbonyl (C=O) groups excluding carboxylic acids is 2. The van der Waals surface area contributed by atoms with Crippen LogP contribution in [0.1, 0.15) is 11.1 Å². The summed E-state index contributed by atoms with van der Waals surface area (Å²) in [5, 5.41) is 7.07. The maximum Gasteiger partial charge on any atom is 0.573 e. The quantitative estimate of drug-likeness (QED) is 0.204. The number of urea groups is 1. The van der Waals surface area contributed by atoms with E-state index < -0.39 is 37.7 Å². The minimum atomic E-state index is -4.81. The first-order valence-electron chi connectivity index (χ1n) is 13.2. The number of para-hydroxylation sites is 1. The Morgan fingerprint density at radius 3 is 2.48 bits per heavy atom. The number of benzene rings is 3. The van der Waals surface area contributed by atoms with Crippen LogP contribution in [0.3, 0.4) is 0 Å². The van der Waals surface area contributed by atoms with Crippen molar-refractivity contribution in [2.24, 2.45) is 4.99 Å². The molecule has 0 saturated carbocycles. The van der Waals surface area contributed by atoms with Gasteiger partial charge in [0.2, 0.25) is 5.91 Å². The summed E-state index contributed by atoms with van der Waals surface area (Å²) in [7, 11) is 0. The van der Waals surface area contributed by atoms with Gasteiger partial charge in [-0.05, 0) is 61.0 Å². The molecule has 1 aliphatic heterocycles. The summed E-state index contributed by atoms with van der Waals surface area (Å²) in [4.78, 5) is 35.1. The highest BCUT2D eigenvalue weighted by Gasteiger charge is 2.33. The maximum atomic E-state index is 12.9. The maximum absolute atomic E-state index is 12.9. The van der Waals surface area contributed by atoms with E-state index in [4.69, 9.17) is 4.74 Å². The minimum absolute atomic E-state index is 0.0251. The van der Waals surface area contributed by atoms with Gasteiger partial charge in [-0.1, -0.05) is 30.0 Å². The first-order valence-corrected chi connectivity index (χ1v) is 14.2. The lowest BCUT2D eigenvalue weighted by Gasteiger charge is -2.20. The SMILES string of the molecule is Cc1cc(-c2ncn(-c3ccc(OC(F)(F)F)cc3)n2)ccc1NC(=O)N=C1SCC(=O)N1c1ccccc1COCC(F)(F)F. The number of carbonyl (C=O) groups is 2. The Balaban J connectivity index is 1.27. The van der Waals surface area contributed by atoms with Gasteiger partial charge in [-0.2, -0.15) is 18.2 Å². The monoisotopic (exact) mass is 664 g/mol. The largest absolute Gasteiger partial charge is 0.573 e. The Morgan fingerprint density at radius 2 is 1.78 bits per heavy atom. The molecule has 0 aliphatic carbocycles. The van der Waals surface area contributed by atoms with Crippen LogP contribution in [0.5, 0.6) is 5.75 Å². The van der Waals surface area contributed by atoms with E-state index in [2.05, 4.69) is 25.1 Å². The number of alkyl halides is 6. The smallest absolute Gasteiger partial charge is 0.406 e. The molecule has 0 spiro atoms. The highest BCUT2D eigenvalue weighted by atomic mass is 32.2. The van der Waals surface area contributed by atoms with Crippen molar-refractivity contribution in [3.8, 4) is 22.8 Å². The lowest BCUT2D eigenvalue weighted by molar-refractivity contribution is -0.274. The van der Waals surface area contributed by atoms with Crippen LogP contribution in [0.15, 0.2) is 78.0 Å². The summed E-state index contributed by atoms with van der Waals surface area (Å²) in [5.41, 5.74) is 2.62. The zero-order chi connectivity index (χ0) is 33.1. The van der Waals surface area contributed by atoms with E-state index in [1.54, 1.807) is 37.3 Å². The summed E-state index contributed by atoms with van der Waals surface area (Å²) < 4.78 is 85.0. The molecule has 1 N–H and O–H groups in total. The molecule has 0 bridgehead atoms. The van der Waals surface area contributed by atoms with Gasteiger partial charge in [0.25, 0.3) is 0 Å². The number of aliphatic imine (C=N–C) groups is 1. The molecule has 17 heteroatoms. The Bertz CT molecular complexity index is 1780. The van der Waals surface area contributed by atoms with Crippen LogP contribution in [-0.4, -0.2) is 56.8 Å². The second kappa shape index (κ2) is 13.2. The van der Waals surface area contributed by atoms with Crippen molar-refractivity contribution in [3.05, 3.63) is 84.2 Å². The number of nitrogens with one attached hydrogen (secondary N) is 1. The van der Waals surface area contributed by atoms with Crippen LogP contribution in [0.2, 0.25) is 0 Å². The molecule has 0 atom stereocenters. The van der Waals surface area contributed by atoms with E-state index in [1.807, 2.05) is 0 Å². The molecule has 10 nitrogen and oxygen atoms in total. The lowest BCUT2D eigenvalue weighted by Crippen LogP contribution is -2.31. The minimum Gasteiger partial charge on any atom is -0.406 e. The van der Waals surface area contributed by atoms with Gasteiger partial charge in [0.05, 0.1) is 23.7 Å². The number of rotatable bonds is 8. The van der Waals surface area contributed by atoms with Crippen LogP contribution in [0, 0.1) is 6.92 Å². The molecule has 1 saturated heterocycles. The molecule has 3 aromatic carbocycles. The predicted octanol–water partition coefficient (Wildman–Crippen LogP) is 6.89. The van der Waals surface area contributed by atoms with Gasteiger partial charge in [0.15, 0.2) is 11.0 Å². The van der Waals surface area contributed by atoms with Crippen molar-refractivity contribution in [2.75, 3.05) is 22.6 Å². The fourth-order valence-electron chi connectivity index (χ4n) is 4.30. The second-order valence-electron chi connectivity index (χ2n) is 9.66. The zero-order valence-electron chi connectivity index (χ0n) is 23.6. The number of amidine groups is 1. The number of hydrogen-bond donors (Lipinski definition) is 1. The molecule has 1 aromatic heterocycles. The summed E-state index contributed by atoms with van der Waals surface area (Å²) >= 11 is 1.01. The average molecular weight is 665 g/mol. The Labute approximate surface area is 261 Å². The third-order valence-corrected chi connectivity index (χ3v) is 7.19. The third-order valence-electron chi connectivity index (χ3n) is 6.27. The van der Waals surface area contributed by atoms with E-state index in [0.717, 1.165) is 23.9 Å².